The van der Waals surface area contributed by atoms with Crippen LogP contribution in [0.4, 0.5) is 10.5 Å². The summed E-state index contributed by atoms with van der Waals surface area (Å²) in [5.41, 5.74) is 3.33. The molecule has 0 saturated carbocycles. The van der Waals surface area contributed by atoms with E-state index in [1.165, 1.54) is 11.3 Å². The average Bonchev–Trinajstić information content (AvgIpc) is 2.64. The molecular formula is C19H26N4O2. The highest BCUT2D eigenvalue weighted by Crippen LogP contribution is 2.14. The lowest BCUT2D eigenvalue weighted by Crippen LogP contribution is -2.40. The minimum absolute atomic E-state index is 0.184. The number of nitrogens with one attached hydrogen (secondary N) is 2. The van der Waals surface area contributed by atoms with Gasteiger partial charge in [0.15, 0.2) is 0 Å². The quantitative estimate of drug-likeness (QED) is 0.774. The maximum atomic E-state index is 11.9. The Morgan fingerprint density at radius 1 is 1.24 bits per heavy atom. The van der Waals surface area contributed by atoms with E-state index in [0.717, 1.165) is 18.7 Å². The van der Waals surface area contributed by atoms with Crippen molar-refractivity contribution < 1.29 is 9.53 Å². The van der Waals surface area contributed by atoms with E-state index in [9.17, 15) is 4.79 Å². The van der Waals surface area contributed by atoms with Gasteiger partial charge in [0.1, 0.15) is 0 Å². The second-order valence-corrected chi connectivity index (χ2v) is 5.74. The SMILES string of the molecule is CCN(CCNC(=O)NCc1ccc(OC)nc1)c1cccc(C)c1. The summed E-state index contributed by atoms with van der Waals surface area (Å²) in [4.78, 5) is 18.3. The van der Waals surface area contributed by atoms with Crippen molar-refractivity contribution in [2.45, 2.75) is 20.4 Å². The molecule has 2 amide bonds. The summed E-state index contributed by atoms with van der Waals surface area (Å²) >= 11 is 0. The molecule has 0 aliphatic carbocycles. The predicted molar refractivity (Wildman–Crippen MR) is 100 cm³/mol. The van der Waals surface area contributed by atoms with Gasteiger partial charge in [-0.3, -0.25) is 0 Å². The van der Waals surface area contributed by atoms with E-state index in [2.05, 4.69) is 58.6 Å². The number of hydrogen-bond acceptors (Lipinski definition) is 4. The number of rotatable bonds is 8. The maximum absolute atomic E-state index is 11.9. The summed E-state index contributed by atoms with van der Waals surface area (Å²) in [6.45, 7) is 6.85. The van der Waals surface area contributed by atoms with Gasteiger partial charge in [-0.25, -0.2) is 9.78 Å². The summed E-state index contributed by atoms with van der Waals surface area (Å²) in [5, 5.41) is 5.72. The van der Waals surface area contributed by atoms with Gasteiger partial charge in [0.2, 0.25) is 5.88 Å². The number of carbonyl (C=O) groups excluding carboxylic acids is 1. The summed E-state index contributed by atoms with van der Waals surface area (Å²) in [6.07, 6.45) is 1.69. The standard InChI is InChI=1S/C19H26N4O2/c1-4-23(17-7-5-6-15(2)12-17)11-10-20-19(24)22-14-16-8-9-18(25-3)21-13-16/h5-9,12-13H,4,10-11,14H2,1-3H3,(H2,20,22,24). The van der Waals surface area contributed by atoms with E-state index >= 15 is 0 Å². The molecule has 0 atom stereocenters. The lowest BCUT2D eigenvalue weighted by Gasteiger charge is -2.23. The molecule has 1 aromatic heterocycles. The Bertz CT molecular complexity index is 673. The van der Waals surface area contributed by atoms with Gasteiger partial charge in [-0.05, 0) is 37.1 Å². The van der Waals surface area contributed by atoms with Gasteiger partial charge in [-0.15, -0.1) is 0 Å². The number of carbonyl (C=O) groups is 1. The van der Waals surface area contributed by atoms with E-state index in [1.54, 1.807) is 19.4 Å². The number of ether oxygens (including phenoxy) is 1. The van der Waals surface area contributed by atoms with Crippen molar-refractivity contribution in [1.82, 2.24) is 15.6 Å². The Balaban J connectivity index is 1.73. The fraction of sp³-hybridized carbons (Fsp3) is 0.368. The van der Waals surface area contributed by atoms with Crippen LogP contribution in [-0.2, 0) is 6.54 Å². The first-order valence-corrected chi connectivity index (χ1v) is 8.44. The third kappa shape index (κ3) is 5.99. The third-order valence-electron chi connectivity index (χ3n) is 3.88. The van der Waals surface area contributed by atoms with Gasteiger partial charge in [0.05, 0.1) is 7.11 Å². The molecule has 0 saturated heterocycles. The number of anilines is 1. The third-order valence-corrected chi connectivity index (χ3v) is 3.88. The summed E-state index contributed by atoms with van der Waals surface area (Å²) in [7, 11) is 1.57. The van der Waals surface area contributed by atoms with Crippen LogP contribution in [0.3, 0.4) is 0 Å². The van der Waals surface area contributed by atoms with E-state index in [1.807, 2.05) is 6.07 Å². The zero-order chi connectivity index (χ0) is 18.1. The molecule has 0 fully saturated rings. The normalized spacial score (nSPS) is 10.2. The van der Waals surface area contributed by atoms with Crippen LogP contribution in [0.5, 0.6) is 5.88 Å². The summed E-state index contributed by atoms with van der Waals surface area (Å²) in [6, 6.07) is 11.8. The molecule has 134 valence electrons. The fourth-order valence-corrected chi connectivity index (χ4v) is 2.48. The van der Waals surface area contributed by atoms with E-state index in [0.29, 0.717) is 19.0 Å². The van der Waals surface area contributed by atoms with Gasteiger partial charge in [0, 0.05) is 44.1 Å². The Morgan fingerprint density at radius 2 is 2.08 bits per heavy atom. The minimum atomic E-state index is -0.184. The van der Waals surface area contributed by atoms with Crippen molar-refractivity contribution in [3.63, 3.8) is 0 Å². The number of aromatic nitrogens is 1. The van der Waals surface area contributed by atoms with Crippen LogP contribution in [0.15, 0.2) is 42.6 Å². The van der Waals surface area contributed by atoms with Gasteiger partial charge >= 0.3 is 6.03 Å². The summed E-state index contributed by atoms with van der Waals surface area (Å²) < 4.78 is 5.01. The zero-order valence-electron chi connectivity index (χ0n) is 15.1. The Morgan fingerprint density at radius 3 is 2.72 bits per heavy atom. The van der Waals surface area contributed by atoms with Crippen molar-refractivity contribution >= 4 is 11.7 Å². The van der Waals surface area contributed by atoms with E-state index in [4.69, 9.17) is 4.74 Å². The van der Waals surface area contributed by atoms with Crippen molar-refractivity contribution in [3.8, 4) is 5.88 Å². The number of likely N-dealkylation sites (N-methyl/N-ethyl adjacent to an activating group) is 1. The molecule has 0 bridgehead atoms. The minimum Gasteiger partial charge on any atom is -0.481 e. The van der Waals surface area contributed by atoms with Gasteiger partial charge in [-0.2, -0.15) is 0 Å². The van der Waals surface area contributed by atoms with E-state index in [-0.39, 0.29) is 6.03 Å². The number of aryl methyl sites for hydroxylation is 1. The Kier molecular flexibility index (Phi) is 7.07. The molecule has 1 heterocycles. The molecule has 0 radical (unpaired) electrons. The molecule has 25 heavy (non-hydrogen) atoms. The lowest BCUT2D eigenvalue weighted by atomic mass is 10.2. The number of nitrogens with zero attached hydrogens (tertiary/aromatic N) is 2. The smallest absolute Gasteiger partial charge is 0.315 e. The monoisotopic (exact) mass is 342 g/mol. The molecule has 0 unspecified atom stereocenters. The van der Waals surface area contributed by atoms with E-state index < -0.39 is 0 Å². The maximum Gasteiger partial charge on any atom is 0.315 e. The van der Waals surface area contributed by atoms with Crippen molar-refractivity contribution in [3.05, 3.63) is 53.7 Å². The molecule has 0 spiro atoms. The molecule has 0 aliphatic heterocycles. The highest BCUT2D eigenvalue weighted by molar-refractivity contribution is 5.73. The largest absolute Gasteiger partial charge is 0.481 e. The first-order chi connectivity index (χ1) is 12.1. The molecular weight excluding hydrogens is 316 g/mol. The van der Waals surface area contributed by atoms with Crippen LogP contribution < -0.4 is 20.3 Å². The molecule has 6 nitrogen and oxygen atoms in total. The van der Waals surface area contributed by atoms with Crippen molar-refractivity contribution in [2.75, 3.05) is 31.6 Å². The van der Waals surface area contributed by atoms with Crippen LogP contribution in [0.2, 0.25) is 0 Å². The first kappa shape index (κ1) is 18.6. The molecule has 0 aliphatic rings. The Hall–Kier alpha value is -2.76. The zero-order valence-corrected chi connectivity index (χ0v) is 15.1. The van der Waals surface area contributed by atoms with Gasteiger partial charge in [0.25, 0.3) is 0 Å². The number of pyridine rings is 1. The number of amides is 2. The van der Waals surface area contributed by atoms with Crippen LogP contribution in [0.25, 0.3) is 0 Å². The van der Waals surface area contributed by atoms with Crippen LogP contribution in [0, 0.1) is 6.92 Å². The second kappa shape index (κ2) is 9.52. The second-order valence-electron chi connectivity index (χ2n) is 5.74. The van der Waals surface area contributed by atoms with Crippen LogP contribution in [0.1, 0.15) is 18.1 Å². The average molecular weight is 342 g/mol. The molecule has 6 heteroatoms. The van der Waals surface area contributed by atoms with Gasteiger partial charge < -0.3 is 20.3 Å². The molecule has 2 rings (SSSR count). The fourth-order valence-electron chi connectivity index (χ4n) is 2.48. The predicted octanol–water partition coefficient (Wildman–Crippen LogP) is 2.72. The topological polar surface area (TPSA) is 66.5 Å². The number of hydrogen-bond donors (Lipinski definition) is 2. The summed E-state index contributed by atoms with van der Waals surface area (Å²) in [5.74, 6) is 0.559. The van der Waals surface area contributed by atoms with Crippen molar-refractivity contribution in [1.29, 1.82) is 0 Å². The highest BCUT2D eigenvalue weighted by atomic mass is 16.5. The number of methoxy groups -OCH3 is 1. The van der Waals surface area contributed by atoms with Gasteiger partial charge in [-0.1, -0.05) is 18.2 Å². The van der Waals surface area contributed by atoms with Crippen LogP contribution in [-0.4, -0.2) is 37.8 Å². The van der Waals surface area contributed by atoms with Crippen molar-refractivity contribution in [2.24, 2.45) is 0 Å². The first-order valence-electron chi connectivity index (χ1n) is 8.44. The highest BCUT2D eigenvalue weighted by Gasteiger charge is 2.06. The van der Waals surface area contributed by atoms with Crippen LogP contribution >= 0.6 is 0 Å². The Labute approximate surface area is 149 Å². The number of benzene rings is 1. The number of urea groups is 1. The molecule has 1 aromatic carbocycles. The molecule has 2 N–H and O–H groups in total. The lowest BCUT2D eigenvalue weighted by molar-refractivity contribution is 0.240. The molecule has 2 aromatic rings.